The van der Waals surface area contributed by atoms with Crippen molar-refractivity contribution < 1.29 is 4.79 Å². The number of fused-ring (bicyclic) bond motifs is 1. The minimum absolute atomic E-state index is 0.0926. The van der Waals surface area contributed by atoms with Gasteiger partial charge in [-0.1, -0.05) is 6.07 Å². The third kappa shape index (κ3) is 1.72. The molecule has 1 amide bonds. The van der Waals surface area contributed by atoms with Crippen molar-refractivity contribution in [2.45, 2.75) is 19.9 Å². The van der Waals surface area contributed by atoms with Gasteiger partial charge in [-0.05, 0) is 37.3 Å². The Morgan fingerprint density at radius 2 is 2.33 bits per heavy atom. The Hall–Kier alpha value is -1.42. The van der Waals surface area contributed by atoms with Gasteiger partial charge in [0.15, 0.2) is 0 Å². The summed E-state index contributed by atoms with van der Waals surface area (Å²) < 4.78 is 0. The lowest BCUT2D eigenvalue weighted by molar-refractivity contribution is 0.0722. The molecule has 18 heavy (non-hydrogen) atoms. The van der Waals surface area contributed by atoms with Crippen LogP contribution in [-0.2, 0) is 0 Å². The summed E-state index contributed by atoms with van der Waals surface area (Å²) in [6.07, 6.45) is 1.70. The predicted octanol–water partition coefficient (Wildman–Crippen LogP) is 1.07. The van der Waals surface area contributed by atoms with E-state index in [4.69, 9.17) is 0 Å². The van der Waals surface area contributed by atoms with Gasteiger partial charge in [-0.15, -0.1) is 0 Å². The van der Waals surface area contributed by atoms with Gasteiger partial charge in [-0.25, -0.2) is 0 Å². The van der Waals surface area contributed by atoms with Crippen LogP contribution >= 0.6 is 0 Å². The highest BCUT2D eigenvalue weighted by atomic mass is 16.2. The Morgan fingerprint density at radius 3 is 3.06 bits per heavy atom. The van der Waals surface area contributed by atoms with Crippen molar-refractivity contribution in [1.29, 1.82) is 0 Å². The standard InChI is InChI=1S/C14H19N3O/c1-9-4-3-5-16-13(9)14(18)17-8-11-6-15-7-12(11)10(17)2/h3-5,10-12,15H,6-8H2,1-2H3. The predicted molar refractivity (Wildman–Crippen MR) is 69.3 cm³/mol. The van der Waals surface area contributed by atoms with Gasteiger partial charge in [-0.2, -0.15) is 0 Å². The lowest BCUT2D eigenvalue weighted by Gasteiger charge is -2.24. The molecule has 0 bridgehead atoms. The summed E-state index contributed by atoms with van der Waals surface area (Å²) in [7, 11) is 0. The van der Waals surface area contributed by atoms with E-state index in [0.717, 1.165) is 25.2 Å². The van der Waals surface area contributed by atoms with E-state index >= 15 is 0 Å². The smallest absolute Gasteiger partial charge is 0.272 e. The Kier molecular flexibility index (Phi) is 2.82. The first kappa shape index (κ1) is 11.7. The summed E-state index contributed by atoms with van der Waals surface area (Å²) >= 11 is 0. The molecule has 4 heteroatoms. The number of amides is 1. The molecule has 96 valence electrons. The van der Waals surface area contributed by atoms with Crippen LogP contribution in [0.3, 0.4) is 0 Å². The molecule has 4 nitrogen and oxygen atoms in total. The molecule has 3 rings (SSSR count). The van der Waals surface area contributed by atoms with Crippen LogP contribution in [0.1, 0.15) is 23.0 Å². The van der Waals surface area contributed by atoms with E-state index in [0.29, 0.717) is 23.6 Å². The van der Waals surface area contributed by atoms with E-state index in [1.807, 2.05) is 24.0 Å². The van der Waals surface area contributed by atoms with Crippen molar-refractivity contribution >= 4 is 5.91 Å². The Bertz CT molecular complexity index is 474. The first-order valence-electron chi connectivity index (χ1n) is 6.62. The van der Waals surface area contributed by atoms with Crippen molar-refractivity contribution in [2.24, 2.45) is 11.8 Å². The SMILES string of the molecule is Cc1cccnc1C(=O)N1CC2CNCC2C1C. The largest absolute Gasteiger partial charge is 0.334 e. The van der Waals surface area contributed by atoms with Gasteiger partial charge in [0, 0.05) is 31.9 Å². The third-order valence-corrected chi connectivity index (χ3v) is 4.41. The van der Waals surface area contributed by atoms with Gasteiger partial charge in [0.1, 0.15) is 5.69 Å². The fourth-order valence-electron chi connectivity index (χ4n) is 3.28. The first-order valence-corrected chi connectivity index (χ1v) is 6.62. The summed E-state index contributed by atoms with van der Waals surface area (Å²) in [6.45, 7) is 7.06. The van der Waals surface area contributed by atoms with Gasteiger partial charge in [0.05, 0.1) is 0 Å². The molecular weight excluding hydrogens is 226 g/mol. The molecule has 2 aliphatic heterocycles. The molecule has 1 aromatic heterocycles. The summed E-state index contributed by atoms with van der Waals surface area (Å²) in [6, 6.07) is 4.14. The third-order valence-electron chi connectivity index (χ3n) is 4.41. The van der Waals surface area contributed by atoms with E-state index in [2.05, 4.69) is 17.2 Å². The molecule has 1 aromatic rings. The molecular formula is C14H19N3O. The monoisotopic (exact) mass is 245 g/mol. The zero-order valence-corrected chi connectivity index (χ0v) is 10.9. The quantitative estimate of drug-likeness (QED) is 0.805. The molecule has 2 aliphatic rings. The highest BCUT2D eigenvalue weighted by molar-refractivity contribution is 5.94. The number of nitrogens with zero attached hydrogens (tertiary/aromatic N) is 2. The zero-order chi connectivity index (χ0) is 12.7. The Morgan fingerprint density at radius 1 is 1.50 bits per heavy atom. The highest BCUT2D eigenvalue weighted by Gasteiger charge is 2.44. The molecule has 3 heterocycles. The number of carbonyl (C=O) groups is 1. The number of pyridine rings is 1. The van der Waals surface area contributed by atoms with E-state index < -0.39 is 0 Å². The number of hydrogen-bond donors (Lipinski definition) is 1. The van der Waals surface area contributed by atoms with Crippen LogP contribution in [-0.4, -0.2) is 41.5 Å². The van der Waals surface area contributed by atoms with E-state index in [-0.39, 0.29) is 5.91 Å². The molecule has 0 spiro atoms. The van der Waals surface area contributed by atoms with Gasteiger partial charge in [-0.3, -0.25) is 9.78 Å². The van der Waals surface area contributed by atoms with Gasteiger partial charge in [0.2, 0.25) is 0 Å². The molecule has 2 saturated heterocycles. The van der Waals surface area contributed by atoms with Crippen molar-refractivity contribution in [3.63, 3.8) is 0 Å². The molecule has 0 saturated carbocycles. The lowest BCUT2D eigenvalue weighted by Crippen LogP contribution is -2.38. The molecule has 1 N–H and O–H groups in total. The number of likely N-dealkylation sites (tertiary alicyclic amines) is 1. The van der Waals surface area contributed by atoms with Crippen molar-refractivity contribution in [3.05, 3.63) is 29.6 Å². The molecule has 3 unspecified atom stereocenters. The molecule has 0 radical (unpaired) electrons. The minimum atomic E-state index is 0.0926. The first-order chi connectivity index (χ1) is 8.68. The maximum Gasteiger partial charge on any atom is 0.272 e. The van der Waals surface area contributed by atoms with Gasteiger partial charge < -0.3 is 10.2 Å². The van der Waals surface area contributed by atoms with Crippen LogP contribution in [0.25, 0.3) is 0 Å². The van der Waals surface area contributed by atoms with E-state index in [1.54, 1.807) is 6.20 Å². The summed E-state index contributed by atoms with van der Waals surface area (Å²) in [5.41, 5.74) is 1.57. The average molecular weight is 245 g/mol. The molecule has 0 aromatic carbocycles. The van der Waals surface area contributed by atoms with Crippen LogP contribution in [0, 0.1) is 18.8 Å². The summed E-state index contributed by atoms with van der Waals surface area (Å²) in [5.74, 6) is 1.32. The summed E-state index contributed by atoms with van der Waals surface area (Å²) in [4.78, 5) is 18.8. The lowest BCUT2D eigenvalue weighted by atomic mass is 9.95. The van der Waals surface area contributed by atoms with Crippen molar-refractivity contribution in [2.75, 3.05) is 19.6 Å². The number of aryl methyl sites for hydroxylation is 1. The fraction of sp³-hybridized carbons (Fsp3) is 0.571. The Labute approximate surface area is 107 Å². The fourth-order valence-corrected chi connectivity index (χ4v) is 3.28. The highest BCUT2D eigenvalue weighted by Crippen LogP contribution is 2.33. The van der Waals surface area contributed by atoms with Crippen LogP contribution < -0.4 is 5.32 Å². The number of rotatable bonds is 1. The topological polar surface area (TPSA) is 45.2 Å². The number of carbonyl (C=O) groups excluding carboxylic acids is 1. The average Bonchev–Trinajstić information content (AvgIpc) is 2.93. The second-order valence-corrected chi connectivity index (χ2v) is 5.45. The zero-order valence-electron chi connectivity index (χ0n) is 10.9. The maximum atomic E-state index is 12.6. The second-order valence-electron chi connectivity index (χ2n) is 5.45. The van der Waals surface area contributed by atoms with Crippen LogP contribution in [0.4, 0.5) is 0 Å². The normalized spacial score (nSPS) is 30.6. The van der Waals surface area contributed by atoms with Crippen molar-refractivity contribution in [3.8, 4) is 0 Å². The van der Waals surface area contributed by atoms with Crippen LogP contribution in [0.5, 0.6) is 0 Å². The van der Waals surface area contributed by atoms with Crippen molar-refractivity contribution in [1.82, 2.24) is 15.2 Å². The summed E-state index contributed by atoms with van der Waals surface area (Å²) in [5, 5.41) is 3.41. The minimum Gasteiger partial charge on any atom is -0.334 e. The second kappa shape index (κ2) is 4.35. The van der Waals surface area contributed by atoms with Crippen LogP contribution in [0.2, 0.25) is 0 Å². The number of nitrogens with one attached hydrogen (secondary N) is 1. The van der Waals surface area contributed by atoms with Gasteiger partial charge >= 0.3 is 0 Å². The maximum absolute atomic E-state index is 12.6. The van der Waals surface area contributed by atoms with E-state index in [1.165, 1.54) is 0 Å². The Balaban J connectivity index is 1.84. The number of aromatic nitrogens is 1. The molecule has 2 fully saturated rings. The van der Waals surface area contributed by atoms with Crippen LogP contribution in [0.15, 0.2) is 18.3 Å². The number of hydrogen-bond acceptors (Lipinski definition) is 3. The van der Waals surface area contributed by atoms with E-state index in [9.17, 15) is 4.79 Å². The molecule has 3 atom stereocenters. The molecule has 0 aliphatic carbocycles. The van der Waals surface area contributed by atoms with Gasteiger partial charge in [0.25, 0.3) is 5.91 Å².